The van der Waals surface area contributed by atoms with Crippen molar-refractivity contribution in [3.8, 4) is 0 Å². The molecule has 1 aliphatic rings. The van der Waals surface area contributed by atoms with E-state index in [0.717, 1.165) is 32.4 Å². The van der Waals surface area contributed by atoms with Crippen molar-refractivity contribution in [1.82, 2.24) is 10.3 Å². The van der Waals surface area contributed by atoms with Crippen LogP contribution in [0.25, 0.3) is 0 Å². The van der Waals surface area contributed by atoms with Gasteiger partial charge in [0.15, 0.2) is 0 Å². The van der Waals surface area contributed by atoms with Crippen LogP contribution >= 0.6 is 11.6 Å². The highest BCUT2D eigenvalue weighted by Crippen LogP contribution is 2.33. The van der Waals surface area contributed by atoms with Crippen molar-refractivity contribution in [2.24, 2.45) is 5.41 Å². The van der Waals surface area contributed by atoms with Gasteiger partial charge in [0.1, 0.15) is 11.0 Å². The molecular formula is C13H18ClN3O. The second kappa shape index (κ2) is 5.67. The van der Waals surface area contributed by atoms with Crippen LogP contribution in [-0.2, 0) is 4.79 Å². The van der Waals surface area contributed by atoms with Gasteiger partial charge in [0, 0.05) is 0 Å². The van der Waals surface area contributed by atoms with Crippen LogP contribution < -0.4 is 10.6 Å². The van der Waals surface area contributed by atoms with Gasteiger partial charge in [-0.2, -0.15) is 0 Å². The molecule has 0 spiro atoms. The molecule has 0 radical (unpaired) electrons. The molecule has 1 aromatic rings. The number of halogens is 1. The molecule has 4 nitrogen and oxygen atoms in total. The number of aromatic nitrogens is 1. The fraction of sp³-hybridized carbons (Fsp3) is 0.538. The molecule has 0 saturated carbocycles. The molecule has 1 aromatic heterocycles. The molecule has 2 heterocycles. The van der Waals surface area contributed by atoms with E-state index in [2.05, 4.69) is 22.5 Å². The summed E-state index contributed by atoms with van der Waals surface area (Å²) in [6.07, 6.45) is 2.59. The Hall–Kier alpha value is -1.13. The van der Waals surface area contributed by atoms with Gasteiger partial charge in [0.25, 0.3) is 0 Å². The first-order chi connectivity index (χ1) is 8.66. The van der Waals surface area contributed by atoms with E-state index in [1.807, 2.05) is 0 Å². The maximum atomic E-state index is 12.4. The summed E-state index contributed by atoms with van der Waals surface area (Å²) in [5.74, 6) is 0.583. The predicted molar refractivity (Wildman–Crippen MR) is 72.7 cm³/mol. The molecule has 18 heavy (non-hydrogen) atoms. The molecule has 0 unspecified atom stereocenters. The van der Waals surface area contributed by atoms with E-state index >= 15 is 0 Å². The van der Waals surface area contributed by atoms with Crippen LogP contribution in [0.2, 0.25) is 5.15 Å². The standard InChI is InChI=1S/C13H18ClN3O/c1-2-13(6-8-15-9-7-13)12(18)17-11-5-3-4-10(14)16-11/h3-5,15H,2,6-9H2,1H3,(H,16,17,18). The summed E-state index contributed by atoms with van der Waals surface area (Å²) in [7, 11) is 0. The Morgan fingerprint density at radius 2 is 2.22 bits per heavy atom. The predicted octanol–water partition coefficient (Wildman–Crippen LogP) is 2.45. The molecule has 1 aliphatic heterocycles. The number of piperidine rings is 1. The summed E-state index contributed by atoms with van der Waals surface area (Å²) < 4.78 is 0. The van der Waals surface area contributed by atoms with Gasteiger partial charge in [-0.15, -0.1) is 0 Å². The summed E-state index contributed by atoms with van der Waals surface area (Å²) in [4.78, 5) is 16.5. The third kappa shape index (κ3) is 2.82. The van der Waals surface area contributed by atoms with Crippen LogP contribution in [0.5, 0.6) is 0 Å². The van der Waals surface area contributed by atoms with Gasteiger partial charge in [-0.25, -0.2) is 4.98 Å². The third-order valence-corrected chi connectivity index (χ3v) is 3.89. The Bertz CT molecular complexity index is 430. The molecule has 2 rings (SSSR count). The highest BCUT2D eigenvalue weighted by atomic mass is 35.5. The molecule has 1 amide bonds. The number of carbonyl (C=O) groups is 1. The lowest BCUT2D eigenvalue weighted by Crippen LogP contribution is -2.44. The lowest BCUT2D eigenvalue weighted by atomic mass is 9.76. The number of hydrogen-bond acceptors (Lipinski definition) is 3. The maximum absolute atomic E-state index is 12.4. The number of pyridine rings is 1. The van der Waals surface area contributed by atoms with E-state index in [1.54, 1.807) is 18.2 Å². The molecule has 0 bridgehead atoms. The van der Waals surface area contributed by atoms with Crippen LogP contribution in [0.3, 0.4) is 0 Å². The molecule has 0 atom stereocenters. The van der Waals surface area contributed by atoms with Crippen molar-refractivity contribution >= 4 is 23.3 Å². The molecule has 0 aromatic carbocycles. The average Bonchev–Trinajstić information content (AvgIpc) is 2.39. The van der Waals surface area contributed by atoms with Crippen LogP contribution in [0.4, 0.5) is 5.82 Å². The van der Waals surface area contributed by atoms with E-state index < -0.39 is 0 Å². The minimum Gasteiger partial charge on any atom is -0.317 e. The van der Waals surface area contributed by atoms with Crippen LogP contribution in [0.15, 0.2) is 18.2 Å². The monoisotopic (exact) mass is 267 g/mol. The molecule has 2 N–H and O–H groups in total. The zero-order valence-electron chi connectivity index (χ0n) is 10.5. The number of anilines is 1. The van der Waals surface area contributed by atoms with Crippen molar-refractivity contribution in [1.29, 1.82) is 0 Å². The van der Waals surface area contributed by atoms with Crippen molar-refractivity contribution < 1.29 is 4.79 Å². The van der Waals surface area contributed by atoms with E-state index in [0.29, 0.717) is 11.0 Å². The second-order valence-corrected chi connectivity index (χ2v) is 5.07. The second-order valence-electron chi connectivity index (χ2n) is 4.68. The minimum absolute atomic E-state index is 0.0567. The first-order valence-corrected chi connectivity index (χ1v) is 6.69. The molecule has 0 aliphatic carbocycles. The van der Waals surface area contributed by atoms with E-state index in [9.17, 15) is 4.79 Å². The molecule has 5 heteroatoms. The van der Waals surface area contributed by atoms with Crippen LogP contribution in [0.1, 0.15) is 26.2 Å². The maximum Gasteiger partial charge on any atom is 0.231 e. The SMILES string of the molecule is CCC1(C(=O)Nc2cccc(Cl)n2)CCNCC1. The van der Waals surface area contributed by atoms with E-state index in [4.69, 9.17) is 11.6 Å². The summed E-state index contributed by atoms with van der Waals surface area (Å²) in [6, 6.07) is 5.23. The summed E-state index contributed by atoms with van der Waals surface area (Å²) in [5.41, 5.74) is -0.269. The Balaban J connectivity index is 2.10. The minimum atomic E-state index is -0.269. The first kappa shape index (κ1) is 13.3. The lowest BCUT2D eigenvalue weighted by molar-refractivity contribution is -0.127. The molecule has 1 saturated heterocycles. The van der Waals surface area contributed by atoms with Gasteiger partial charge in [-0.1, -0.05) is 24.6 Å². The highest BCUT2D eigenvalue weighted by Gasteiger charge is 2.37. The summed E-state index contributed by atoms with van der Waals surface area (Å²) in [5, 5.41) is 6.56. The van der Waals surface area contributed by atoms with Crippen molar-refractivity contribution in [3.05, 3.63) is 23.4 Å². The number of hydrogen-bond donors (Lipinski definition) is 2. The Kier molecular flexibility index (Phi) is 4.19. The van der Waals surface area contributed by atoms with Crippen molar-refractivity contribution in [2.45, 2.75) is 26.2 Å². The number of rotatable bonds is 3. The van der Waals surface area contributed by atoms with Gasteiger partial charge in [-0.3, -0.25) is 4.79 Å². The summed E-state index contributed by atoms with van der Waals surface area (Å²) >= 11 is 5.81. The third-order valence-electron chi connectivity index (χ3n) is 3.68. The number of amides is 1. The van der Waals surface area contributed by atoms with E-state index in [-0.39, 0.29) is 11.3 Å². The average molecular weight is 268 g/mol. The van der Waals surface area contributed by atoms with Crippen LogP contribution in [-0.4, -0.2) is 24.0 Å². The van der Waals surface area contributed by atoms with Crippen molar-refractivity contribution in [2.75, 3.05) is 18.4 Å². The Morgan fingerprint density at radius 1 is 1.50 bits per heavy atom. The van der Waals surface area contributed by atoms with E-state index in [1.165, 1.54) is 0 Å². The lowest BCUT2D eigenvalue weighted by Gasteiger charge is -2.35. The Labute approximate surface area is 112 Å². The molecule has 98 valence electrons. The quantitative estimate of drug-likeness (QED) is 0.827. The van der Waals surface area contributed by atoms with Gasteiger partial charge < -0.3 is 10.6 Å². The normalized spacial score (nSPS) is 18.3. The first-order valence-electron chi connectivity index (χ1n) is 6.31. The topological polar surface area (TPSA) is 54.0 Å². The summed E-state index contributed by atoms with van der Waals surface area (Å²) in [6.45, 7) is 3.85. The van der Waals surface area contributed by atoms with Gasteiger partial charge in [0.05, 0.1) is 5.41 Å². The number of carbonyl (C=O) groups excluding carboxylic acids is 1. The Morgan fingerprint density at radius 3 is 2.83 bits per heavy atom. The zero-order valence-corrected chi connectivity index (χ0v) is 11.3. The molecular weight excluding hydrogens is 250 g/mol. The van der Waals surface area contributed by atoms with Gasteiger partial charge in [0.2, 0.25) is 5.91 Å². The largest absolute Gasteiger partial charge is 0.317 e. The fourth-order valence-electron chi connectivity index (χ4n) is 2.37. The number of nitrogens with zero attached hydrogens (tertiary/aromatic N) is 1. The smallest absolute Gasteiger partial charge is 0.231 e. The number of nitrogens with one attached hydrogen (secondary N) is 2. The zero-order chi connectivity index (χ0) is 13.0. The highest BCUT2D eigenvalue weighted by molar-refractivity contribution is 6.29. The van der Waals surface area contributed by atoms with Crippen molar-refractivity contribution in [3.63, 3.8) is 0 Å². The van der Waals surface area contributed by atoms with Crippen LogP contribution in [0, 0.1) is 5.41 Å². The fourth-order valence-corrected chi connectivity index (χ4v) is 2.54. The van der Waals surface area contributed by atoms with Gasteiger partial charge >= 0.3 is 0 Å². The molecule has 1 fully saturated rings. The van der Waals surface area contributed by atoms with Gasteiger partial charge in [-0.05, 0) is 44.5 Å².